The van der Waals surface area contributed by atoms with Gasteiger partial charge in [-0.3, -0.25) is 14.4 Å². The van der Waals surface area contributed by atoms with Crippen LogP contribution < -0.4 is 27.4 Å². The van der Waals surface area contributed by atoms with Crippen LogP contribution in [0.25, 0.3) is 10.9 Å². The van der Waals surface area contributed by atoms with Gasteiger partial charge in [0.1, 0.15) is 12.1 Å². The van der Waals surface area contributed by atoms with Gasteiger partial charge in [-0.05, 0) is 43.4 Å². The summed E-state index contributed by atoms with van der Waals surface area (Å²) in [6.07, 6.45) is 4.08. The molecule has 0 aliphatic heterocycles. The number of carbonyl (C=O) groups is 4. The fraction of sp³-hybridized carbons (Fsp3) is 0.520. The van der Waals surface area contributed by atoms with E-state index in [0.717, 1.165) is 16.5 Å². The molecule has 4 unspecified atom stereocenters. The van der Waals surface area contributed by atoms with Crippen LogP contribution in [0.15, 0.2) is 30.5 Å². The molecule has 3 amide bonds. The largest absolute Gasteiger partial charge is 0.480 e. The standard InChI is InChI=1S/C25H38N6O5/c1-3-15(2)22(27)24(34)31-20(12-16-13-28-18-9-5-4-8-17(16)18)23(33)29-14-21(32)30-19(25(35)36)10-6-7-11-26/h4-5,8-9,13,15,19-20,22,28H,3,6-7,10-12,14,26-27H2,1-2H3,(H,29,33)(H,30,32)(H,31,34)(H,35,36). The number of nitrogens with one attached hydrogen (secondary N) is 4. The minimum absolute atomic E-state index is 0.0835. The third-order valence-electron chi connectivity index (χ3n) is 6.30. The van der Waals surface area contributed by atoms with Crippen LogP contribution in [-0.4, -0.2) is 65.0 Å². The van der Waals surface area contributed by atoms with Crippen LogP contribution in [0.1, 0.15) is 45.1 Å². The van der Waals surface area contributed by atoms with Crippen molar-refractivity contribution >= 4 is 34.6 Å². The summed E-state index contributed by atoms with van der Waals surface area (Å²) in [4.78, 5) is 52.7. The molecule has 198 valence electrons. The zero-order valence-electron chi connectivity index (χ0n) is 20.9. The number of aromatic amines is 1. The van der Waals surface area contributed by atoms with Crippen LogP contribution in [0.2, 0.25) is 0 Å². The van der Waals surface area contributed by atoms with Crippen molar-refractivity contribution in [2.75, 3.05) is 13.1 Å². The molecule has 1 aromatic carbocycles. The van der Waals surface area contributed by atoms with E-state index in [4.69, 9.17) is 11.5 Å². The van der Waals surface area contributed by atoms with Crippen molar-refractivity contribution in [3.8, 4) is 0 Å². The lowest BCUT2D eigenvalue weighted by Gasteiger charge is -2.23. The maximum Gasteiger partial charge on any atom is 0.326 e. The van der Waals surface area contributed by atoms with Crippen molar-refractivity contribution in [3.63, 3.8) is 0 Å². The van der Waals surface area contributed by atoms with Crippen molar-refractivity contribution in [1.29, 1.82) is 0 Å². The molecule has 0 aliphatic carbocycles. The molecule has 2 aromatic rings. The molecule has 36 heavy (non-hydrogen) atoms. The molecule has 0 saturated carbocycles. The van der Waals surface area contributed by atoms with E-state index < -0.39 is 48.4 Å². The van der Waals surface area contributed by atoms with Crippen LogP contribution in [0.5, 0.6) is 0 Å². The monoisotopic (exact) mass is 502 g/mol. The van der Waals surface area contributed by atoms with Crippen LogP contribution >= 0.6 is 0 Å². The molecule has 0 saturated heterocycles. The minimum atomic E-state index is -1.16. The highest BCUT2D eigenvalue weighted by Gasteiger charge is 2.28. The Labute approximate surface area is 210 Å². The van der Waals surface area contributed by atoms with Gasteiger partial charge in [-0.15, -0.1) is 0 Å². The quantitative estimate of drug-likeness (QED) is 0.171. The number of carboxylic acid groups (broad SMARTS) is 1. The number of aromatic nitrogens is 1. The average molecular weight is 503 g/mol. The summed E-state index contributed by atoms with van der Waals surface area (Å²) in [5, 5.41) is 17.9. The maximum atomic E-state index is 13.1. The van der Waals surface area contributed by atoms with Crippen molar-refractivity contribution in [2.24, 2.45) is 17.4 Å². The number of carbonyl (C=O) groups excluding carboxylic acids is 3. The number of benzene rings is 1. The Bertz CT molecular complexity index is 1040. The zero-order valence-corrected chi connectivity index (χ0v) is 20.9. The van der Waals surface area contributed by atoms with Gasteiger partial charge in [-0.2, -0.15) is 0 Å². The molecule has 2 rings (SSSR count). The predicted octanol–water partition coefficient (Wildman–Crippen LogP) is 0.383. The molecule has 1 heterocycles. The topological polar surface area (TPSA) is 192 Å². The third kappa shape index (κ3) is 8.35. The third-order valence-corrected chi connectivity index (χ3v) is 6.30. The number of hydrogen-bond acceptors (Lipinski definition) is 6. The summed E-state index contributed by atoms with van der Waals surface area (Å²) in [6.45, 7) is 3.78. The van der Waals surface area contributed by atoms with Gasteiger partial charge in [-0.1, -0.05) is 38.5 Å². The van der Waals surface area contributed by atoms with E-state index in [1.54, 1.807) is 6.20 Å². The summed E-state index contributed by atoms with van der Waals surface area (Å²) in [5.74, 6) is -2.92. The van der Waals surface area contributed by atoms with E-state index in [9.17, 15) is 24.3 Å². The molecular weight excluding hydrogens is 464 g/mol. The summed E-state index contributed by atoms with van der Waals surface area (Å²) >= 11 is 0. The lowest BCUT2D eigenvalue weighted by atomic mass is 9.98. The highest BCUT2D eigenvalue weighted by molar-refractivity contribution is 5.93. The fourth-order valence-corrected chi connectivity index (χ4v) is 3.80. The zero-order chi connectivity index (χ0) is 26.7. The van der Waals surface area contributed by atoms with Crippen LogP contribution in [0.3, 0.4) is 0 Å². The highest BCUT2D eigenvalue weighted by Crippen LogP contribution is 2.19. The molecular formula is C25H38N6O5. The lowest BCUT2D eigenvalue weighted by molar-refractivity contribution is -0.142. The average Bonchev–Trinajstić information content (AvgIpc) is 3.27. The first-order valence-corrected chi connectivity index (χ1v) is 12.3. The number of fused-ring (bicyclic) bond motifs is 1. The molecule has 0 bridgehead atoms. The Morgan fingerprint density at radius 3 is 2.44 bits per heavy atom. The minimum Gasteiger partial charge on any atom is -0.480 e. The van der Waals surface area contributed by atoms with Crippen LogP contribution in [0, 0.1) is 5.92 Å². The second kappa shape index (κ2) is 14.2. The number of para-hydroxylation sites is 1. The molecule has 0 aliphatic rings. The predicted molar refractivity (Wildman–Crippen MR) is 137 cm³/mol. The SMILES string of the molecule is CCC(C)C(N)C(=O)NC(Cc1c[nH]c2ccccc12)C(=O)NCC(=O)NC(CCCCN)C(=O)O. The molecule has 0 spiro atoms. The van der Waals surface area contributed by atoms with Crippen molar-refractivity contribution in [1.82, 2.24) is 20.9 Å². The number of amides is 3. The maximum absolute atomic E-state index is 13.1. The van der Waals surface area contributed by atoms with Gasteiger partial charge in [0, 0.05) is 23.5 Å². The van der Waals surface area contributed by atoms with Gasteiger partial charge in [0.2, 0.25) is 17.7 Å². The second-order valence-corrected chi connectivity index (χ2v) is 9.00. The summed E-state index contributed by atoms with van der Waals surface area (Å²) in [5.41, 5.74) is 13.2. The normalized spacial score (nSPS) is 14.4. The number of H-pyrrole nitrogens is 1. The molecule has 0 radical (unpaired) electrons. The van der Waals surface area contributed by atoms with E-state index in [0.29, 0.717) is 25.8 Å². The highest BCUT2D eigenvalue weighted by atomic mass is 16.4. The Morgan fingerprint density at radius 1 is 1.06 bits per heavy atom. The van der Waals surface area contributed by atoms with Gasteiger partial charge in [0.05, 0.1) is 12.6 Å². The second-order valence-electron chi connectivity index (χ2n) is 9.00. The molecule has 11 nitrogen and oxygen atoms in total. The number of nitrogens with two attached hydrogens (primary N) is 2. The van der Waals surface area contributed by atoms with E-state index in [1.165, 1.54) is 0 Å². The smallest absolute Gasteiger partial charge is 0.326 e. The first-order valence-electron chi connectivity index (χ1n) is 12.3. The summed E-state index contributed by atoms with van der Waals surface area (Å²) in [6, 6.07) is 4.73. The van der Waals surface area contributed by atoms with E-state index in [1.807, 2.05) is 38.1 Å². The molecule has 4 atom stereocenters. The van der Waals surface area contributed by atoms with Crippen LogP contribution in [-0.2, 0) is 25.6 Å². The van der Waals surface area contributed by atoms with Gasteiger partial charge >= 0.3 is 5.97 Å². The first-order chi connectivity index (χ1) is 17.2. The van der Waals surface area contributed by atoms with Gasteiger partial charge in [0.25, 0.3) is 0 Å². The number of carboxylic acids is 1. The number of rotatable bonds is 15. The van der Waals surface area contributed by atoms with E-state index in [-0.39, 0.29) is 18.8 Å². The van der Waals surface area contributed by atoms with E-state index in [2.05, 4.69) is 20.9 Å². The number of aliphatic carboxylic acids is 1. The van der Waals surface area contributed by atoms with E-state index >= 15 is 0 Å². The summed E-state index contributed by atoms with van der Waals surface area (Å²) < 4.78 is 0. The van der Waals surface area contributed by atoms with Crippen molar-refractivity contribution in [2.45, 2.75) is 64.1 Å². The Morgan fingerprint density at radius 2 is 1.78 bits per heavy atom. The molecule has 9 N–H and O–H groups in total. The molecule has 1 aromatic heterocycles. The number of hydrogen-bond donors (Lipinski definition) is 7. The van der Waals surface area contributed by atoms with Gasteiger partial charge < -0.3 is 37.5 Å². The molecule has 0 fully saturated rings. The Balaban J connectivity index is 2.09. The Hall–Kier alpha value is -3.44. The van der Waals surface area contributed by atoms with Gasteiger partial charge in [-0.25, -0.2) is 4.79 Å². The number of unbranched alkanes of at least 4 members (excludes halogenated alkanes) is 1. The lowest BCUT2D eigenvalue weighted by Crippen LogP contribution is -2.55. The summed E-state index contributed by atoms with van der Waals surface area (Å²) in [7, 11) is 0. The van der Waals surface area contributed by atoms with Crippen molar-refractivity contribution in [3.05, 3.63) is 36.0 Å². The Kier molecular flexibility index (Phi) is 11.4. The van der Waals surface area contributed by atoms with Crippen LogP contribution in [0.4, 0.5) is 0 Å². The van der Waals surface area contributed by atoms with Gasteiger partial charge in [0.15, 0.2) is 0 Å². The fourth-order valence-electron chi connectivity index (χ4n) is 3.80. The first kappa shape index (κ1) is 28.8. The molecule has 11 heteroatoms. The van der Waals surface area contributed by atoms with Crippen molar-refractivity contribution < 1.29 is 24.3 Å².